The number of nitrogens with zero attached hydrogens (tertiary/aromatic N) is 3. The molecule has 2 aromatic heterocycles. The zero-order chi connectivity index (χ0) is 19.0. The van der Waals surface area contributed by atoms with E-state index in [0.717, 1.165) is 59.6 Å². The summed E-state index contributed by atoms with van der Waals surface area (Å²) in [5, 5.41) is 11.4. The van der Waals surface area contributed by atoms with Crippen molar-refractivity contribution in [3.63, 3.8) is 0 Å². The topological polar surface area (TPSA) is 58.0 Å². The average molecular weight is 372 g/mol. The van der Waals surface area contributed by atoms with Crippen molar-refractivity contribution in [1.82, 2.24) is 20.3 Å². The normalized spacial score (nSPS) is 18.1. The lowest BCUT2D eigenvalue weighted by Crippen LogP contribution is -2.33. The number of likely N-dealkylation sites (tertiary alicyclic amines) is 1. The van der Waals surface area contributed by atoms with Crippen LogP contribution in [0.4, 0.5) is 8.78 Å². The molecule has 1 aliphatic heterocycles. The molecule has 0 radical (unpaired) electrons. The number of aromatic amines is 1. The fourth-order valence-corrected chi connectivity index (χ4v) is 3.78. The second-order valence-electron chi connectivity index (χ2n) is 7.15. The molecule has 0 saturated carbocycles. The van der Waals surface area contributed by atoms with Crippen LogP contribution in [-0.4, -0.2) is 26.8 Å². The van der Waals surface area contributed by atoms with Crippen molar-refractivity contribution in [3.8, 4) is 11.3 Å². The molecule has 1 unspecified atom stereocenters. The Labute approximate surface area is 156 Å². The van der Waals surface area contributed by atoms with Gasteiger partial charge in [0.15, 0.2) is 17.4 Å². The fraction of sp³-hybridized carbons (Fsp3) is 0.400. The van der Waals surface area contributed by atoms with Gasteiger partial charge < -0.3 is 4.52 Å². The zero-order valence-corrected chi connectivity index (χ0v) is 15.4. The zero-order valence-electron chi connectivity index (χ0n) is 15.4. The molecule has 0 aliphatic carbocycles. The van der Waals surface area contributed by atoms with Gasteiger partial charge in [-0.2, -0.15) is 5.10 Å². The van der Waals surface area contributed by atoms with Crippen molar-refractivity contribution >= 4 is 0 Å². The summed E-state index contributed by atoms with van der Waals surface area (Å²) >= 11 is 0. The second-order valence-corrected chi connectivity index (χ2v) is 7.15. The summed E-state index contributed by atoms with van der Waals surface area (Å²) in [4.78, 5) is 2.28. The largest absolute Gasteiger partial charge is 0.356 e. The van der Waals surface area contributed by atoms with E-state index in [1.807, 2.05) is 13.8 Å². The summed E-state index contributed by atoms with van der Waals surface area (Å²) in [7, 11) is 0. The van der Waals surface area contributed by atoms with Crippen molar-refractivity contribution < 1.29 is 13.3 Å². The maximum absolute atomic E-state index is 13.6. The van der Waals surface area contributed by atoms with E-state index in [1.165, 1.54) is 12.1 Å². The summed E-state index contributed by atoms with van der Waals surface area (Å²) in [5.41, 5.74) is 4.51. The summed E-state index contributed by atoms with van der Waals surface area (Å²) in [6, 6.07) is 4.21. The van der Waals surface area contributed by atoms with Gasteiger partial charge in [0.25, 0.3) is 0 Å². The number of H-pyrrole nitrogens is 1. The number of benzene rings is 1. The standard InChI is InChI=1S/C20H22F2N4O/c1-12-13(2)25-27-20(12)15-10-23-24-19(15)18-5-3-4-8-26(18)11-14-6-7-16(21)17(22)9-14/h6-7,9-10,18H,3-5,8,11H2,1-2H3,(H,23,24). The van der Waals surface area contributed by atoms with Gasteiger partial charge >= 0.3 is 0 Å². The predicted octanol–water partition coefficient (Wildman–Crippen LogP) is 4.69. The molecule has 142 valence electrons. The first-order valence-corrected chi connectivity index (χ1v) is 9.19. The first-order valence-electron chi connectivity index (χ1n) is 9.19. The Morgan fingerprint density at radius 2 is 2.07 bits per heavy atom. The third-order valence-corrected chi connectivity index (χ3v) is 5.39. The third-order valence-electron chi connectivity index (χ3n) is 5.39. The molecule has 4 rings (SSSR count). The van der Waals surface area contributed by atoms with E-state index >= 15 is 0 Å². The van der Waals surface area contributed by atoms with E-state index in [9.17, 15) is 8.78 Å². The molecule has 1 aromatic carbocycles. The van der Waals surface area contributed by atoms with Crippen molar-refractivity contribution in [2.75, 3.05) is 6.54 Å². The number of piperidine rings is 1. The lowest BCUT2D eigenvalue weighted by molar-refractivity contribution is 0.137. The van der Waals surface area contributed by atoms with Gasteiger partial charge in [0, 0.05) is 12.1 Å². The van der Waals surface area contributed by atoms with E-state index in [1.54, 1.807) is 12.3 Å². The molecule has 7 heteroatoms. The van der Waals surface area contributed by atoms with Crippen LogP contribution in [0.3, 0.4) is 0 Å². The molecule has 1 N–H and O–H groups in total. The molecule has 0 bridgehead atoms. The molecule has 27 heavy (non-hydrogen) atoms. The molecular weight excluding hydrogens is 350 g/mol. The number of aromatic nitrogens is 3. The fourth-order valence-electron chi connectivity index (χ4n) is 3.78. The van der Waals surface area contributed by atoms with Crippen LogP contribution in [0, 0.1) is 25.5 Å². The molecule has 3 heterocycles. The van der Waals surface area contributed by atoms with Gasteiger partial charge in [-0.25, -0.2) is 8.78 Å². The average Bonchev–Trinajstić information content (AvgIpc) is 3.26. The molecule has 0 spiro atoms. The van der Waals surface area contributed by atoms with Crippen LogP contribution >= 0.6 is 0 Å². The van der Waals surface area contributed by atoms with Gasteiger partial charge in [0.1, 0.15) is 0 Å². The Balaban J connectivity index is 1.64. The summed E-state index contributed by atoms with van der Waals surface area (Å²) < 4.78 is 32.4. The van der Waals surface area contributed by atoms with Gasteiger partial charge in [-0.15, -0.1) is 0 Å². The predicted molar refractivity (Wildman–Crippen MR) is 96.9 cm³/mol. The number of nitrogens with one attached hydrogen (secondary N) is 1. The van der Waals surface area contributed by atoms with E-state index in [2.05, 4.69) is 20.3 Å². The molecule has 5 nitrogen and oxygen atoms in total. The molecular formula is C20H22F2N4O. The smallest absolute Gasteiger partial charge is 0.173 e. The first kappa shape index (κ1) is 17.9. The number of hydrogen-bond acceptors (Lipinski definition) is 4. The molecule has 1 aliphatic rings. The highest BCUT2D eigenvalue weighted by Crippen LogP contribution is 2.37. The van der Waals surface area contributed by atoms with Crippen LogP contribution in [0.25, 0.3) is 11.3 Å². The third kappa shape index (κ3) is 3.39. The Morgan fingerprint density at radius 1 is 1.22 bits per heavy atom. The minimum atomic E-state index is -0.819. The molecule has 0 amide bonds. The van der Waals surface area contributed by atoms with E-state index in [0.29, 0.717) is 6.54 Å². The quantitative estimate of drug-likeness (QED) is 0.722. The van der Waals surface area contributed by atoms with Crippen molar-refractivity contribution in [1.29, 1.82) is 0 Å². The summed E-state index contributed by atoms with van der Waals surface area (Å²) in [6.07, 6.45) is 4.91. The van der Waals surface area contributed by atoms with Gasteiger partial charge in [0.05, 0.1) is 29.2 Å². The highest BCUT2D eigenvalue weighted by molar-refractivity contribution is 5.64. The first-order chi connectivity index (χ1) is 13.0. The number of rotatable bonds is 4. The van der Waals surface area contributed by atoms with Crippen molar-refractivity contribution in [2.45, 2.75) is 45.7 Å². The SMILES string of the molecule is Cc1noc(-c2cn[nH]c2C2CCCCN2Cc2ccc(F)c(F)c2)c1C. The Hall–Kier alpha value is -2.54. The molecule has 1 fully saturated rings. The number of hydrogen-bond donors (Lipinski definition) is 1. The monoisotopic (exact) mass is 372 g/mol. The van der Waals surface area contributed by atoms with Crippen molar-refractivity contribution in [3.05, 3.63) is 58.5 Å². The molecule has 1 atom stereocenters. The minimum absolute atomic E-state index is 0.106. The molecule has 1 saturated heterocycles. The van der Waals surface area contributed by atoms with E-state index < -0.39 is 11.6 Å². The van der Waals surface area contributed by atoms with Gasteiger partial charge in [-0.1, -0.05) is 17.6 Å². The van der Waals surface area contributed by atoms with E-state index in [4.69, 9.17) is 4.52 Å². The maximum atomic E-state index is 13.6. The van der Waals surface area contributed by atoms with Crippen LogP contribution in [0.5, 0.6) is 0 Å². The highest BCUT2D eigenvalue weighted by Gasteiger charge is 2.29. The Kier molecular flexibility index (Phi) is 4.78. The number of aryl methyl sites for hydroxylation is 1. The van der Waals surface area contributed by atoms with Crippen LogP contribution < -0.4 is 0 Å². The van der Waals surface area contributed by atoms with E-state index in [-0.39, 0.29) is 6.04 Å². The van der Waals surface area contributed by atoms with Crippen LogP contribution in [0.2, 0.25) is 0 Å². The lowest BCUT2D eigenvalue weighted by atomic mass is 9.95. The van der Waals surface area contributed by atoms with Crippen LogP contribution in [-0.2, 0) is 6.54 Å². The van der Waals surface area contributed by atoms with Crippen molar-refractivity contribution in [2.24, 2.45) is 0 Å². The Morgan fingerprint density at radius 3 is 2.81 bits per heavy atom. The van der Waals surface area contributed by atoms with Crippen LogP contribution in [0.15, 0.2) is 28.9 Å². The summed E-state index contributed by atoms with van der Waals surface area (Å²) in [5.74, 6) is -0.897. The van der Waals surface area contributed by atoms with Gasteiger partial charge in [0.2, 0.25) is 0 Å². The minimum Gasteiger partial charge on any atom is -0.356 e. The highest BCUT2D eigenvalue weighted by atomic mass is 19.2. The summed E-state index contributed by atoms with van der Waals surface area (Å²) in [6.45, 7) is 5.33. The number of halogens is 2. The second kappa shape index (κ2) is 7.23. The lowest BCUT2D eigenvalue weighted by Gasteiger charge is -2.35. The molecule has 3 aromatic rings. The maximum Gasteiger partial charge on any atom is 0.173 e. The Bertz CT molecular complexity index is 949. The van der Waals surface area contributed by atoms with Gasteiger partial charge in [-0.3, -0.25) is 10.00 Å². The van der Waals surface area contributed by atoms with Crippen LogP contribution in [0.1, 0.15) is 47.8 Å². The van der Waals surface area contributed by atoms with Gasteiger partial charge in [-0.05, 0) is 50.9 Å².